The van der Waals surface area contributed by atoms with Gasteiger partial charge < -0.3 is 5.73 Å². The van der Waals surface area contributed by atoms with Crippen LogP contribution < -0.4 is 10.9 Å². The highest BCUT2D eigenvalue weighted by atomic mass is 28.3. The number of hydrogen-bond acceptors (Lipinski definition) is 1. The number of benzene rings is 1. The van der Waals surface area contributed by atoms with Crippen molar-refractivity contribution in [3.8, 4) is 0 Å². The second-order valence-corrected chi connectivity index (χ2v) is 9.59. The first-order chi connectivity index (χ1) is 6.54. The van der Waals surface area contributed by atoms with Crippen LogP contribution in [-0.4, -0.2) is 14.6 Å². The van der Waals surface area contributed by atoms with Crippen LogP contribution in [0.5, 0.6) is 0 Å². The van der Waals surface area contributed by atoms with Crippen LogP contribution in [0.15, 0.2) is 30.3 Å². The Hall–Kier alpha value is -0.863. The van der Waals surface area contributed by atoms with Gasteiger partial charge >= 0.3 is 0 Å². The first-order valence-electron chi connectivity index (χ1n) is 5.01. The molecule has 0 aliphatic carbocycles. The van der Waals surface area contributed by atoms with Gasteiger partial charge in [-0.3, -0.25) is 0 Å². The molecule has 0 saturated carbocycles. The van der Waals surface area contributed by atoms with Crippen LogP contribution in [0.3, 0.4) is 0 Å². The van der Waals surface area contributed by atoms with Crippen molar-refractivity contribution in [3.05, 3.63) is 35.9 Å². The van der Waals surface area contributed by atoms with E-state index in [0.29, 0.717) is 6.54 Å². The van der Waals surface area contributed by atoms with E-state index in [1.165, 1.54) is 10.8 Å². The molecule has 0 aromatic heterocycles. The van der Waals surface area contributed by atoms with Crippen molar-refractivity contribution in [1.82, 2.24) is 0 Å². The summed E-state index contributed by atoms with van der Waals surface area (Å²) in [4.78, 5) is 0. The minimum Gasteiger partial charge on any atom is -0.327 e. The molecule has 0 spiro atoms. The number of nitrogens with two attached hydrogens (primary N) is 1. The number of rotatable bonds is 3. The fraction of sp³-hybridized carbons (Fsp3) is 0.333. The third-order valence-electron chi connectivity index (χ3n) is 2.20. The zero-order valence-electron chi connectivity index (χ0n) is 9.25. The molecular formula is C12H19NSi. The van der Waals surface area contributed by atoms with Crippen LogP contribution in [0.2, 0.25) is 19.6 Å². The molecule has 1 aromatic carbocycles. The van der Waals surface area contributed by atoms with Crippen LogP contribution in [0.25, 0.3) is 6.08 Å². The average Bonchev–Trinajstić information content (AvgIpc) is 2.14. The SMILES string of the molecule is C[Si](C)(C)c1cccc(C=CCN)c1. The minimum absolute atomic E-state index is 0.608. The summed E-state index contributed by atoms with van der Waals surface area (Å²) in [6, 6.07) is 8.75. The maximum absolute atomic E-state index is 5.42. The Balaban J connectivity index is 2.96. The summed E-state index contributed by atoms with van der Waals surface area (Å²) in [5.74, 6) is 0. The van der Waals surface area contributed by atoms with E-state index in [9.17, 15) is 0 Å². The highest BCUT2D eigenvalue weighted by Crippen LogP contribution is 2.06. The predicted octanol–water partition coefficient (Wildman–Crippen LogP) is 2.20. The normalized spacial score (nSPS) is 12.3. The molecule has 0 saturated heterocycles. The van der Waals surface area contributed by atoms with Crippen LogP contribution in [0.4, 0.5) is 0 Å². The van der Waals surface area contributed by atoms with Gasteiger partial charge in [0.2, 0.25) is 0 Å². The summed E-state index contributed by atoms with van der Waals surface area (Å²) in [5, 5.41) is 1.50. The Morgan fingerprint density at radius 3 is 2.57 bits per heavy atom. The highest BCUT2D eigenvalue weighted by Gasteiger charge is 2.15. The van der Waals surface area contributed by atoms with Crippen molar-refractivity contribution < 1.29 is 0 Å². The second-order valence-electron chi connectivity index (χ2n) is 4.51. The molecule has 2 heteroatoms. The molecule has 1 aromatic rings. The summed E-state index contributed by atoms with van der Waals surface area (Å²) in [6.45, 7) is 7.69. The van der Waals surface area contributed by atoms with Gasteiger partial charge in [0, 0.05) is 6.54 Å². The Morgan fingerprint density at radius 1 is 1.29 bits per heavy atom. The molecule has 76 valence electrons. The molecule has 2 N–H and O–H groups in total. The molecule has 0 aliphatic heterocycles. The van der Waals surface area contributed by atoms with Gasteiger partial charge in [0.15, 0.2) is 0 Å². The van der Waals surface area contributed by atoms with Crippen molar-refractivity contribution in [1.29, 1.82) is 0 Å². The van der Waals surface area contributed by atoms with Crippen molar-refractivity contribution in [2.45, 2.75) is 19.6 Å². The lowest BCUT2D eigenvalue weighted by Gasteiger charge is -2.16. The van der Waals surface area contributed by atoms with E-state index < -0.39 is 8.07 Å². The third-order valence-corrected chi connectivity index (χ3v) is 4.24. The van der Waals surface area contributed by atoms with Crippen LogP contribution in [0.1, 0.15) is 5.56 Å². The van der Waals surface area contributed by atoms with Gasteiger partial charge in [0.05, 0.1) is 8.07 Å². The van der Waals surface area contributed by atoms with Gasteiger partial charge in [-0.2, -0.15) is 0 Å². The van der Waals surface area contributed by atoms with Crippen LogP contribution in [-0.2, 0) is 0 Å². The standard InChI is InChI=1S/C12H19NSi/c1-14(2,3)12-8-4-6-11(10-12)7-5-9-13/h4-8,10H,9,13H2,1-3H3. The van der Waals surface area contributed by atoms with E-state index >= 15 is 0 Å². The summed E-state index contributed by atoms with van der Waals surface area (Å²) in [5.41, 5.74) is 6.68. The Labute approximate surface area is 87.7 Å². The lowest BCUT2D eigenvalue weighted by molar-refractivity contribution is 1.26. The van der Waals surface area contributed by atoms with Crippen molar-refractivity contribution in [3.63, 3.8) is 0 Å². The smallest absolute Gasteiger partial charge is 0.0776 e. The van der Waals surface area contributed by atoms with Gasteiger partial charge in [-0.1, -0.05) is 61.2 Å². The first kappa shape index (κ1) is 11.2. The van der Waals surface area contributed by atoms with E-state index in [0.717, 1.165) is 0 Å². The van der Waals surface area contributed by atoms with Crippen molar-refractivity contribution in [2.24, 2.45) is 5.73 Å². The van der Waals surface area contributed by atoms with E-state index in [1.807, 2.05) is 6.08 Å². The van der Waals surface area contributed by atoms with E-state index in [2.05, 4.69) is 50.0 Å². The van der Waals surface area contributed by atoms with Gasteiger partial charge in [-0.15, -0.1) is 0 Å². The topological polar surface area (TPSA) is 26.0 Å². The maximum Gasteiger partial charge on any atom is 0.0776 e. The molecule has 0 fully saturated rings. The molecule has 0 unspecified atom stereocenters. The van der Waals surface area contributed by atoms with Gasteiger partial charge in [0.1, 0.15) is 0 Å². The molecule has 1 rings (SSSR count). The van der Waals surface area contributed by atoms with Crippen molar-refractivity contribution in [2.75, 3.05) is 6.54 Å². The highest BCUT2D eigenvalue weighted by molar-refractivity contribution is 6.88. The molecule has 0 amide bonds. The molecular weight excluding hydrogens is 186 g/mol. The molecule has 1 nitrogen and oxygen atoms in total. The molecule has 0 radical (unpaired) electrons. The molecule has 14 heavy (non-hydrogen) atoms. The molecule has 0 heterocycles. The molecule has 0 aliphatic rings. The largest absolute Gasteiger partial charge is 0.327 e. The Morgan fingerprint density at radius 2 is 2.00 bits per heavy atom. The minimum atomic E-state index is -1.17. The zero-order valence-corrected chi connectivity index (χ0v) is 10.2. The van der Waals surface area contributed by atoms with Gasteiger partial charge in [0.25, 0.3) is 0 Å². The Kier molecular flexibility index (Phi) is 3.67. The fourth-order valence-corrected chi connectivity index (χ4v) is 2.51. The monoisotopic (exact) mass is 205 g/mol. The lowest BCUT2D eigenvalue weighted by atomic mass is 10.2. The summed E-state index contributed by atoms with van der Waals surface area (Å²) in [7, 11) is -1.17. The van der Waals surface area contributed by atoms with Gasteiger partial charge in [-0.05, 0) is 5.56 Å². The second kappa shape index (κ2) is 4.58. The predicted molar refractivity (Wildman–Crippen MR) is 67.5 cm³/mol. The Bertz CT molecular complexity index is 323. The first-order valence-corrected chi connectivity index (χ1v) is 8.51. The quantitative estimate of drug-likeness (QED) is 0.752. The van der Waals surface area contributed by atoms with Crippen LogP contribution >= 0.6 is 0 Å². The molecule has 0 atom stereocenters. The van der Waals surface area contributed by atoms with Gasteiger partial charge in [-0.25, -0.2) is 0 Å². The summed E-state index contributed by atoms with van der Waals surface area (Å²) < 4.78 is 0. The van der Waals surface area contributed by atoms with Crippen LogP contribution in [0, 0.1) is 0 Å². The number of hydrogen-bond donors (Lipinski definition) is 1. The zero-order chi connectivity index (χ0) is 10.6. The lowest BCUT2D eigenvalue weighted by Crippen LogP contribution is -2.37. The fourth-order valence-electron chi connectivity index (χ4n) is 1.31. The summed E-state index contributed by atoms with van der Waals surface area (Å²) >= 11 is 0. The maximum atomic E-state index is 5.42. The molecule has 0 bridgehead atoms. The van der Waals surface area contributed by atoms with E-state index in [1.54, 1.807) is 0 Å². The third kappa shape index (κ3) is 3.12. The van der Waals surface area contributed by atoms with Crippen molar-refractivity contribution >= 4 is 19.3 Å². The average molecular weight is 205 g/mol. The van der Waals surface area contributed by atoms with E-state index in [-0.39, 0.29) is 0 Å². The van der Waals surface area contributed by atoms with E-state index in [4.69, 9.17) is 5.73 Å². The summed E-state index contributed by atoms with van der Waals surface area (Å²) in [6.07, 6.45) is 4.08.